The molecule has 1 aliphatic rings. The maximum absolute atomic E-state index is 13.3. The van der Waals surface area contributed by atoms with Crippen LogP contribution in [0, 0.1) is 17.6 Å². The van der Waals surface area contributed by atoms with Crippen LogP contribution in [0.5, 0.6) is 0 Å². The van der Waals surface area contributed by atoms with Gasteiger partial charge in [-0.05, 0) is 44.0 Å². The van der Waals surface area contributed by atoms with Crippen molar-refractivity contribution in [3.05, 3.63) is 29.8 Å². The van der Waals surface area contributed by atoms with Crippen LogP contribution in [0.25, 0.3) is 0 Å². The summed E-state index contributed by atoms with van der Waals surface area (Å²) in [6, 6.07) is 2.86. The molecule has 7 heteroatoms. The minimum atomic E-state index is -0.783. The first-order chi connectivity index (χ1) is 9.16. The summed E-state index contributed by atoms with van der Waals surface area (Å²) < 4.78 is 26.6. The van der Waals surface area contributed by atoms with Gasteiger partial charge in [-0.1, -0.05) is 6.07 Å². The van der Waals surface area contributed by atoms with Crippen LogP contribution in [-0.2, 0) is 0 Å². The number of carbonyl (C=O) groups is 1. The van der Waals surface area contributed by atoms with Gasteiger partial charge in [-0.15, -0.1) is 12.4 Å². The maximum atomic E-state index is 13.3. The number of piperidine rings is 1. The molecule has 0 bridgehead atoms. The van der Waals surface area contributed by atoms with Gasteiger partial charge in [-0.25, -0.2) is 13.6 Å². The van der Waals surface area contributed by atoms with Gasteiger partial charge in [0.15, 0.2) is 0 Å². The first-order valence-electron chi connectivity index (χ1n) is 6.36. The molecule has 1 saturated heterocycles. The van der Waals surface area contributed by atoms with E-state index in [0.717, 1.165) is 38.1 Å². The molecule has 1 aliphatic heterocycles. The molecule has 0 aliphatic carbocycles. The van der Waals surface area contributed by atoms with Crippen LogP contribution < -0.4 is 16.0 Å². The van der Waals surface area contributed by atoms with Crippen LogP contribution in [0.15, 0.2) is 18.2 Å². The fraction of sp³-hybridized carbons (Fsp3) is 0.462. The van der Waals surface area contributed by atoms with Crippen LogP contribution in [0.2, 0.25) is 0 Å². The highest BCUT2D eigenvalue weighted by molar-refractivity contribution is 5.89. The highest BCUT2D eigenvalue weighted by atomic mass is 35.5. The van der Waals surface area contributed by atoms with Gasteiger partial charge in [0.2, 0.25) is 0 Å². The van der Waals surface area contributed by atoms with Crippen molar-refractivity contribution in [1.82, 2.24) is 10.6 Å². The number of rotatable bonds is 3. The predicted molar refractivity (Wildman–Crippen MR) is 76.2 cm³/mol. The number of hydrogen-bond acceptors (Lipinski definition) is 2. The van der Waals surface area contributed by atoms with Crippen molar-refractivity contribution < 1.29 is 13.6 Å². The minimum Gasteiger partial charge on any atom is -0.338 e. The van der Waals surface area contributed by atoms with Gasteiger partial charge in [0, 0.05) is 6.54 Å². The van der Waals surface area contributed by atoms with E-state index in [0.29, 0.717) is 12.5 Å². The third kappa shape index (κ3) is 4.61. The fourth-order valence-electron chi connectivity index (χ4n) is 2.11. The van der Waals surface area contributed by atoms with Crippen molar-refractivity contribution in [3.8, 4) is 0 Å². The van der Waals surface area contributed by atoms with E-state index >= 15 is 0 Å². The van der Waals surface area contributed by atoms with E-state index in [-0.39, 0.29) is 12.4 Å². The number of halogens is 3. The molecule has 1 unspecified atom stereocenters. The second kappa shape index (κ2) is 8.01. The molecule has 1 atom stereocenters. The number of benzene rings is 1. The van der Waals surface area contributed by atoms with Crippen molar-refractivity contribution in [2.45, 2.75) is 12.8 Å². The lowest BCUT2D eigenvalue weighted by atomic mass is 10.00. The molecule has 1 aromatic rings. The maximum Gasteiger partial charge on any atom is 0.319 e. The average molecular weight is 306 g/mol. The molecule has 0 saturated carbocycles. The monoisotopic (exact) mass is 305 g/mol. The quantitative estimate of drug-likeness (QED) is 0.804. The summed E-state index contributed by atoms with van der Waals surface area (Å²) in [6.45, 7) is 2.35. The molecular formula is C13H18ClF2N3O. The second-order valence-corrected chi connectivity index (χ2v) is 4.64. The Labute approximate surface area is 122 Å². The van der Waals surface area contributed by atoms with E-state index in [9.17, 15) is 13.6 Å². The Kier molecular flexibility index (Phi) is 6.67. The van der Waals surface area contributed by atoms with E-state index in [2.05, 4.69) is 16.0 Å². The summed E-state index contributed by atoms with van der Waals surface area (Å²) in [4.78, 5) is 11.6. The Hall–Kier alpha value is -1.40. The van der Waals surface area contributed by atoms with Gasteiger partial charge < -0.3 is 16.0 Å². The van der Waals surface area contributed by atoms with Gasteiger partial charge in [0.25, 0.3) is 0 Å². The average Bonchev–Trinajstić information content (AvgIpc) is 2.42. The summed E-state index contributed by atoms with van der Waals surface area (Å²) in [5.41, 5.74) is -0.415. The minimum absolute atomic E-state index is 0. The van der Waals surface area contributed by atoms with E-state index < -0.39 is 23.4 Å². The number of carbonyl (C=O) groups excluding carboxylic acids is 1. The molecule has 3 N–H and O–H groups in total. The first kappa shape index (κ1) is 16.7. The van der Waals surface area contributed by atoms with E-state index in [1.807, 2.05) is 0 Å². The lowest BCUT2D eigenvalue weighted by Crippen LogP contribution is -2.39. The molecule has 112 valence electrons. The zero-order valence-electron chi connectivity index (χ0n) is 10.9. The lowest BCUT2D eigenvalue weighted by Gasteiger charge is -2.22. The summed E-state index contributed by atoms with van der Waals surface area (Å²) in [7, 11) is 0. The number of anilines is 1. The molecule has 0 aromatic heterocycles. The normalized spacial score (nSPS) is 18.0. The fourth-order valence-corrected chi connectivity index (χ4v) is 2.11. The predicted octanol–water partition coefficient (Wildman–Crippen LogP) is 2.51. The third-order valence-electron chi connectivity index (χ3n) is 3.15. The number of hydrogen-bond donors (Lipinski definition) is 3. The molecule has 2 rings (SSSR count). The zero-order chi connectivity index (χ0) is 13.7. The highest BCUT2D eigenvalue weighted by Crippen LogP contribution is 2.17. The van der Waals surface area contributed by atoms with Crippen LogP contribution in [0.1, 0.15) is 12.8 Å². The van der Waals surface area contributed by atoms with Gasteiger partial charge >= 0.3 is 6.03 Å². The van der Waals surface area contributed by atoms with Crippen LogP contribution >= 0.6 is 12.4 Å². The van der Waals surface area contributed by atoms with E-state index in [1.54, 1.807) is 0 Å². The summed E-state index contributed by atoms with van der Waals surface area (Å²) in [6.07, 6.45) is 2.12. The SMILES string of the molecule is Cl.O=C(NCC1CCCNC1)Nc1c(F)cccc1F. The first-order valence-corrected chi connectivity index (χ1v) is 6.36. The van der Waals surface area contributed by atoms with Crippen molar-refractivity contribution in [1.29, 1.82) is 0 Å². The van der Waals surface area contributed by atoms with Crippen molar-refractivity contribution in [2.75, 3.05) is 25.0 Å². The Morgan fingerprint density at radius 3 is 2.65 bits per heavy atom. The zero-order valence-corrected chi connectivity index (χ0v) is 11.7. The molecule has 1 heterocycles. The van der Waals surface area contributed by atoms with E-state index in [1.165, 1.54) is 6.07 Å². The number of urea groups is 1. The molecule has 0 spiro atoms. The molecule has 2 amide bonds. The van der Waals surface area contributed by atoms with Gasteiger partial charge in [-0.3, -0.25) is 0 Å². The lowest BCUT2D eigenvalue weighted by molar-refractivity contribution is 0.248. The van der Waals surface area contributed by atoms with Gasteiger partial charge in [0.1, 0.15) is 17.3 Å². The smallest absolute Gasteiger partial charge is 0.319 e. The Balaban J connectivity index is 0.00000200. The standard InChI is InChI=1S/C13H17F2N3O.ClH/c14-10-4-1-5-11(15)12(10)18-13(19)17-8-9-3-2-6-16-7-9;/h1,4-5,9,16H,2-3,6-8H2,(H2,17,18,19);1H. The Morgan fingerprint density at radius 2 is 2.05 bits per heavy atom. The van der Waals surface area contributed by atoms with E-state index in [4.69, 9.17) is 0 Å². The number of para-hydroxylation sites is 1. The third-order valence-corrected chi connectivity index (χ3v) is 3.15. The topological polar surface area (TPSA) is 53.2 Å². The summed E-state index contributed by atoms with van der Waals surface area (Å²) in [5.74, 6) is -1.20. The molecule has 1 aromatic carbocycles. The molecule has 1 fully saturated rings. The van der Waals surface area contributed by atoms with Crippen LogP contribution in [-0.4, -0.2) is 25.7 Å². The molecular weight excluding hydrogens is 288 g/mol. The molecule has 20 heavy (non-hydrogen) atoms. The van der Waals surface area contributed by atoms with Crippen LogP contribution in [0.4, 0.5) is 19.3 Å². The van der Waals surface area contributed by atoms with Gasteiger partial charge in [0.05, 0.1) is 0 Å². The van der Waals surface area contributed by atoms with Crippen molar-refractivity contribution in [3.63, 3.8) is 0 Å². The Bertz CT molecular complexity index is 433. The number of amides is 2. The largest absolute Gasteiger partial charge is 0.338 e. The highest BCUT2D eigenvalue weighted by Gasteiger charge is 2.15. The molecule has 4 nitrogen and oxygen atoms in total. The Morgan fingerprint density at radius 1 is 1.35 bits per heavy atom. The summed E-state index contributed by atoms with van der Waals surface area (Å²) in [5, 5.41) is 8.06. The van der Waals surface area contributed by atoms with Crippen molar-refractivity contribution in [2.24, 2.45) is 5.92 Å². The second-order valence-electron chi connectivity index (χ2n) is 4.64. The van der Waals surface area contributed by atoms with Crippen molar-refractivity contribution >= 4 is 24.1 Å². The van der Waals surface area contributed by atoms with Crippen LogP contribution in [0.3, 0.4) is 0 Å². The van der Waals surface area contributed by atoms with Gasteiger partial charge in [-0.2, -0.15) is 0 Å². The molecule has 0 radical (unpaired) electrons. The summed E-state index contributed by atoms with van der Waals surface area (Å²) >= 11 is 0. The number of nitrogens with one attached hydrogen (secondary N) is 3.